The SMILES string of the molecule is COc1ccc(CNC(=O)CC(NC(N)=O)c2ccccc2)cc1. The van der Waals surface area contributed by atoms with Crippen LogP contribution < -0.4 is 21.1 Å². The summed E-state index contributed by atoms with van der Waals surface area (Å²) in [5, 5.41) is 5.44. The first-order valence-electron chi connectivity index (χ1n) is 7.59. The first-order chi connectivity index (χ1) is 11.6. The van der Waals surface area contributed by atoms with Gasteiger partial charge in [-0.2, -0.15) is 0 Å². The number of carbonyl (C=O) groups is 2. The van der Waals surface area contributed by atoms with E-state index in [0.717, 1.165) is 16.9 Å². The number of methoxy groups -OCH3 is 1. The Labute approximate surface area is 141 Å². The molecule has 1 atom stereocenters. The molecule has 0 heterocycles. The molecule has 2 aromatic rings. The number of benzene rings is 2. The summed E-state index contributed by atoms with van der Waals surface area (Å²) in [6.45, 7) is 0.404. The quantitative estimate of drug-likeness (QED) is 0.727. The lowest BCUT2D eigenvalue weighted by Crippen LogP contribution is -2.36. The van der Waals surface area contributed by atoms with E-state index in [0.29, 0.717) is 6.54 Å². The molecule has 0 radical (unpaired) electrons. The topological polar surface area (TPSA) is 93.4 Å². The molecule has 2 aromatic carbocycles. The van der Waals surface area contributed by atoms with Crippen molar-refractivity contribution in [1.29, 1.82) is 0 Å². The van der Waals surface area contributed by atoms with Gasteiger partial charge in [0.15, 0.2) is 0 Å². The van der Waals surface area contributed by atoms with Crippen molar-refractivity contribution in [3.05, 3.63) is 65.7 Å². The second-order valence-electron chi connectivity index (χ2n) is 5.30. The third-order valence-electron chi connectivity index (χ3n) is 3.56. The van der Waals surface area contributed by atoms with Crippen LogP contribution in [0.5, 0.6) is 5.75 Å². The minimum Gasteiger partial charge on any atom is -0.497 e. The largest absolute Gasteiger partial charge is 0.497 e. The lowest BCUT2D eigenvalue weighted by molar-refractivity contribution is -0.121. The van der Waals surface area contributed by atoms with Crippen molar-refractivity contribution in [3.63, 3.8) is 0 Å². The van der Waals surface area contributed by atoms with Crippen molar-refractivity contribution < 1.29 is 14.3 Å². The van der Waals surface area contributed by atoms with E-state index >= 15 is 0 Å². The maximum atomic E-state index is 12.2. The second kappa shape index (κ2) is 8.57. The molecule has 3 amide bonds. The summed E-state index contributed by atoms with van der Waals surface area (Å²) in [5.41, 5.74) is 7.00. The molecule has 0 spiro atoms. The van der Waals surface area contributed by atoms with Gasteiger partial charge in [-0.1, -0.05) is 42.5 Å². The number of rotatable bonds is 7. The van der Waals surface area contributed by atoms with Crippen LogP contribution in [-0.2, 0) is 11.3 Å². The van der Waals surface area contributed by atoms with Crippen LogP contribution in [0.2, 0.25) is 0 Å². The normalized spacial score (nSPS) is 11.4. The highest BCUT2D eigenvalue weighted by Gasteiger charge is 2.17. The average Bonchev–Trinajstić information content (AvgIpc) is 2.60. The van der Waals surface area contributed by atoms with Crippen LogP contribution in [0, 0.1) is 0 Å². The van der Waals surface area contributed by atoms with Crippen molar-refractivity contribution in [2.75, 3.05) is 7.11 Å². The maximum absolute atomic E-state index is 12.2. The molecule has 1 unspecified atom stereocenters. The first-order valence-corrected chi connectivity index (χ1v) is 7.59. The average molecular weight is 327 g/mol. The molecular formula is C18H21N3O3. The number of nitrogens with one attached hydrogen (secondary N) is 2. The number of urea groups is 1. The van der Waals surface area contributed by atoms with Gasteiger partial charge < -0.3 is 21.1 Å². The van der Waals surface area contributed by atoms with Gasteiger partial charge in [-0.25, -0.2) is 4.79 Å². The fraction of sp³-hybridized carbons (Fsp3) is 0.222. The summed E-state index contributed by atoms with van der Waals surface area (Å²) in [7, 11) is 1.60. The van der Waals surface area contributed by atoms with Crippen molar-refractivity contribution in [2.24, 2.45) is 5.73 Å². The number of amides is 3. The van der Waals surface area contributed by atoms with Gasteiger partial charge in [0.05, 0.1) is 19.6 Å². The van der Waals surface area contributed by atoms with E-state index in [1.807, 2.05) is 54.6 Å². The molecule has 0 aliphatic carbocycles. The predicted molar refractivity (Wildman–Crippen MR) is 91.4 cm³/mol. The zero-order valence-electron chi connectivity index (χ0n) is 13.5. The third kappa shape index (κ3) is 5.31. The van der Waals surface area contributed by atoms with Crippen LogP contribution in [0.4, 0.5) is 4.79 Å². The number of ether oxygens (including phenoxy) is 1. The van der Waals surface area contributed by atoms with E-state index in [4.69, 9.17) is 10.5 Å². The van der Waals surface area contributed by atoms with Gasteiger partial charge >= 0.3 is 6.03 Å². The van der Waals surface area contributed by atoms with Gasteiger partial charge in [0, 0.05) is 6.54 Å². The Hall–Kier alpha value is -3.02. The highest BCUT2D eigenvalue weighted by atomic mass is 16.5. The molecule has 0 fully saturated rings. The zero-order chi connectivity index (χ0) is 17.4. The predicted octanol–water partition coefficient (Wildman–Crippen LogP) is 2.11. The van der Waals surface area contributed by atoms with Crippen LogP contribution in [-0.4, -0.2) is 19.0 Å². The number of primary amides is 1. The molecule has 6 nitrogen and oxygen atoms in total. The molecule has 126 valence electrons. The minimum absolute atomic E-state index is 0.114. The van der Waals surface area contributed by atoms with Gasteiger partial charge in [-0.3, -0.25) is 4.79 Å². The van der Waals surface area contributed by atoms with E-state index < -0.39 is 12.1 Å². The Morgan fingerprint density at radius 3 is 2.33 bits per heavy atom. The third-order valence-corrected chi connectivity index (χ3v) is 3.56. The van der Waals surface area contributed by atoms with E-state index in [9.17, 15) is 9.59 Å². The Morgan fingerprint density at radius 2 is 1.75 bits per heavy atom. The van der Waals surface area contributed by atoms with Crippen molar-refractivity contribution in [2.45, 2.75) is 19.0 Å². The summed E-state index contributed by atoms with van der Waals surface area (Å²) in [6, 6.07) is 15.6. The van der Waals surface area contributed by atoms with Gasteiger partial charge in [0.1, 0.15) is 5.75 Å². The monoisotopic (exact) mass is 327 g/mol. The summed E-state index contributed by atoms with van der Waals surface area (Å²) < 4.78 is 5.09. The smallest absolute Gasteiger partial charge is 0.312 e. The molecule has 24 heavy (non-hydrogen) atoms. The van der Waals surface area contributed by atoms with Crippen LogP contribution in [0.1, 0.15) is 23.6 Å². The Balaban J connectivity index is 1.93. The van der Waals surface area contributed by atoms with E-state index in [1.165, 1.54) is 0 Å². The van der Waals surface area contributed by atoms with Gasteiger partial charge in [-0.05, 0) is 23.3 Å². The lowest BCUT2D eigenvalue weighted by Gasteiger charge is -2.17. The Morgan fingerprint density at radius 1 is 1.08 bits per heavy atom. The maximum Gasteiger partial charge on any atom is 0.312 e. The van der Waals surface area contributed by atoms with Crippen molar-refractivity contribution in [1.82, 2.24) is 10.6 Å². The van der Waals surface area contributed by atoms with E-state index in [1.54, 1.807) is 7.11 Å². The molecule has 6 heteroatoms. The van der Waals surface area contributed by atoms with Gasteiger partial charge in [0.25, 0.3) is 0 Å². The van der Waals surface area contributed by atoms with Crippen molar-refractivity contribution >= 4 is 11.9 Å². The number of nitrogens with two attached hydrogens (primary N) is 1. The number of carbonyl (C=O) groups excluding carboxylic acids is 2. The van der Waals surface area contributed by atoms with Crippen molar-refractivity contribution in [3.8, 4) is 5.75 Å². The summed E-state index contributed by atoms with van der Waals surface area (Å²) in [6.07, 6.45) is 0.114. The molecule has 2 rings (SSSR count). The fourth-order valence-electron chi connectivity index (χ4n) is 2.31. The van der Waals surface area contributed by atoms with E-state index in [2.05, 4.69) is 10.6 Å². The molecule has 0 bridgehead atoms. The molecule has 4 N–H and O–H groups in total. The number of hydrogen-bond donors (Lipinski definition) is 3. The van der Waals surface area contributed by atoms with Crippen LogP contribution in [0.15, 0.2) is 54.6 Å². The standard InChI is InChI=1S/C18H21N3O3/c1-24-15-9-7-13(8-10-15)12-20-17(22)11-16(21-18(19)23)14-5-3-2-4-6-14/h2-10,16H,11-12H2,1H3,(H,20,22)(H3,19,21,23). The Bertz CT molecular complexity index is 672. The first kappa shape index (κ1) is 17.3. The summed E-state index contributed by atoms with van der Waals surface area (Å²) >= 11 is 0. The van der Waals surface area contributed by atoms with Crippen LogP contribution >= 0.6 is 0 Å². The van der Waals surface area contributed by atoms with Crippen LogP contribution in [0.3, 0.4) is 0 Å². The molecular weight excluding hydrogens is 306 g/mol. The lowest BCUT2D eigenvalue weighted by atomic mass is 10.0. The molecule has 0 aliphatic heterocycles. The van der Waals surface area contributed by atoms with Gasteiger partial charge in [-0.15, -0.1) is 0 Å². The van der Waals surface area contributed by atoms with Gasteiger partial charge in [0.2, 0.25) is 5.91 Å². The molecule has 0 aromatic heterocycles. The molecule has 0 saturated carbocycles. The van der Waals surface area contributed by atoms with Crippen LogP contribution in [0.25, 0.3) is 0 Å². The summed E-state index contributed by atoms with van der Waals surface area (Å²) in [4.78, 5) is 23.3. The Kier molecular flexibility index (Phi) is 6.19. The minimum atomic E-state index is -0.660. The highest BCUT2D eigenvalue weighted by Crippen LogP contribution is 2.16. The second-order valence-corrected chi connectivity index (χ2v) is 5.30. The molecule has 0 saturated heterocycles. The highest BCUT2D eigenvalue weighted by molar-refractivity contribution is 5.78. The van der Waals surface area contributed by atoms with E-state index in [-0.39, 0.29) is 12.3 Å². The summed E-state index contributed by atoms with van der Waals surface area (Å²) in [5.74, 6) is 0.591. The zero-order valence-corrected chi connectivity index (χ0v) is 13.5. The fourth-order valence-corrected chi connectivity index (χ4v) is 2.31. The molecule has 0 aliphatic rings. The number of hydrogen-bond acceptors (Lipinski definition) is 3.